The van der Waals surface area contributed by atoms with Crippen molar-refractivity contribution in [2.45, 2.75) is 24.5 Å². The van der Waals surface area contributed by atoms with E-state index in [-0.39, 0.29) is 17.7 Å². The predicted octanol–water partition coefficient (Wildman–Crippen LogP) is 4.04. The van der Waals surface area contributed by atoms with Gasteiger partial charge in [0.1, 0.15) is 17.6 Å². The van der Waals surface area contributed by atoms with Gasteiger partial charge in [0.15, 0.2) is 0 Å². The maximum Gasteiger partial charge on any atom is 0.253 e. The van der Waals surface area contributed by atoms with Crippen molar-refractivity contribution in [3.8, 4) is 11.4 Å². The second-order valence-electron chi connectivity index (χ2n) is 7.75. The molecule has 0 fully saturated rings. The molecule has 0 N–H and O–H groups in total. The highest BCUT2D eigenvalue weighted by molar-refractivity contribution is 7.99. The van der Waals surface area contributed by atoms with Crippen LogP contribution in [-0.4, -0.2) is 49.7 Å². The van der Waals surface area contributed by atoms with E-state index in [0.29, 0.717) is 17.3 Å². The van der Waals surface area contributed by atoms with Crippen molar-refractivity contribution in [3.05, 3.63) is 83.8 Å². The number of amides is 1. The van der Waals surface area contributed by atoms with Gasteiger partial charge in [0.2, 0.25) is 5.16 Å². The number of methoxy groups -OCH3 is 1. The molecule has 0 saturated carbocycles. The molecule has 0 radical (unpaired) electrons. The molecule has 5 rings (SSSR count). The van der Waals surface area contributed by atoms with E-state index < -0.39 is 0 Å². The summed E-state index contributed by atoms with van der Waals surface area (Å²) in [5.41, 5.74) is 3.79. The zero-order valence-electron chi connectivity index (χ0n) is 18.7. The van der Waals surface area contributed by atoms with E-state index in [4.69, 9.17) is 9.15 Å². The highest BCUT2D eigenvalue weighted by Crippen LogP contribution is 2.34. The molecule has 172 valence electrons. The number of thioether (sulfide) groups is 1. The van der Waals surface area contributed by atoms with Gasteiger partial charge in [-0.3, -0.25) is 4.79 Å². The molecular formula is C24H22N6O3S. The molecule has 1 aliphatic rings. The zero-order valence-corrected chi connectivity index (χ0v) is 19.5. The number of hydrogen-bond donors (Lipinski definition) is 0. The van der Waals surface area contributed by atoms with Crippen LogP contribution in [0.1, 0.15) is 29.3 Å². The van der Waals surface area contributed by atoms with Crippen LogP contribution in [0.4, 0.5) is 0 Å². The minimum atomic E-state index is -0.294. The van der Waals surface area contributed by atoms with Crippen LogP contribution in [-0.2, 0) is 4.79 Å². The molecule has 1 aliphatic heterocycles. The van der Waals surface area contributed by atoms with E-state index in [2.05, 4.69) is 20.6 Å². The van der Waals surface area contributed by atoms with Gasteiger partial charge in [-0.2, -0.15) is 9.78 Å². The number of carbonyl (C=O) groups is 1. The lowest BCUT2D eigenvalue weighted by atomic mass is 10.0. The van der Waals surface area contributed by atoms with Crippen molar-refractivity contribution < 1.29 is 13.9 Å². The third-order valence-electron chi connectivity index (χ3n) is 5.50. The second kappa shape index (κ2) is 9.52. The molecule has 4 aromatic rings. The number of rotatable bonds is 7. The third-order valence-corrected chi connectivity index (χ3v) is 6.41. The Morgan fingerprint density at radius 1 is 1.15 bits per heavy atom. The van der Waals surface area contributed by atoms with Gasteiger partial charge in [-0.1, -0.05) is 41.6 Å². The molecule has 1 unspecified atom stereocenters. The van der Waals surface area contributed by atoms with Crippen LogP contribution in [0.5, 0.6) is 5.75 Å². The van der Waals surface area contributed by atoms with Crippen molar-refractivity contribution in [2.75, 3.05) is 12.9 Å². The first-order chi connectivity index (χ1) is 16.6. The standard InChI is InChI=1S/C24H22N6O3S/c1-16-5-7-17(8-6-16)20-14-21(22-4-3-13-33-22)30(26-20)23(31)15-34-24-25-27-28-29(24)18-9-11-19(32-2)12-10-18/h3-13,21H,14-15H2,1-2H3. The summed E-state index contributed by atoms with van der Waals surface area (Å²) in [5.74, 6) is 1.41. The van der Waals surface area contributed by atoms with E-state index in [0.717, 1.165) is 22.7 Å². The van der Waals surface area contributed by atoms with Crippen molar-refractivity contribution in [1.29, 1.82) is 0 Å². The molecule has 0 bridgehead atoms. The number of aromatic nitrogens is 4. The fourth-order valence-electron chi connectivity index (χ4n) is 3.71. The molecule has 10 heteroatoms. The van der Waals surface area contributed by atoms with Gasteiger partial charge in [0, 0.05) is 6.42 Å². The Hall–Kier alpha value is -3.92. The van der Waals surface area contributed by atoms with Gasteiger partial charge in [-0.25, -0.2) is 5.01 Å². The molecule has 0 spiro atoms. The van der Waals surface area contributed by atoms with Gasteiger partial charge in [-0.05, 0) is 59.3 Å². The first-order valence-electron chi connectivity index (χ1n) is 10.7. The molecule has 0 aliphatic carbocycles. The fraction of sp³-hybridized carbons (Fsp3) is 0.208. The van der Waals surface area contributed by atoms with E-state index in [1.807, 2.05) is 67.6 Å². The molecule has 34 heavy (non-hydrogen) atoms. The number of hydrazone groups is 1. The highest BCUT2D eigenvalue weighted by atomic mass is 32.2. The minimum absolute atomic E-state index is 0.123. The van der Waals surface area contributed by atoms with E-state index in [9.17, 15) is 4.79 Å². The van der Waals surface area contributed by atoms with Crippen LogP contribution in [0, 0.1) is 6.92 Å². The summed E-state index contributed by atoms with van der Waals surface area (Å²) in [5, 5.41) is 18.6. The topological polar surface area (TPSA) is 98.6 Å². The maximum absolute atomic E-state index is 13.3. The molecule has 9 nitrogen and oxygen atoms in total. The SMILES string of the molecule is COc1ccc(-n2nnnc2SCC(=O)N2N=C(c3ccc(C)cc3)CC2c2ccco2)cc1. The van der Waals surface area contributed by atoms with Crippen molar-refractivity contribution >= 4 is 23.4 Å². The lowest BCUT2D eigenvalue weighted by molar-refractivity contribution is -0.130. The Labute approximate surface area is 200 Å². The van der Waals surface area contributed by atoms with Gasteiger partial charge >= 0.3 is 0 Å². The van der Waals surface area contributed by atoms with Crippen LogP contribution < -0.4 is 4.74 Å². The largest absolute Gasteiger partial charge is 0.497 e. The number of benzene rings is 2. The Kier molecular flexibility index (Phi) is 6.13. The van der Waals surface area contributed by atoms with Crippen LogP contribution in [0.15, 0.2) is 81.6 Å². The van der Waals surface area contributed by atoms with Crippen LogP contribution in [0.2, 0.25) is 0 Å². The zero-order chi connectivity index (χ0) is 23.5. The fourth-order valence-corrected chi connectivity index (χ4v) is 4.45. The Balaban J connectivity index is 1.34. The summed E-state index contributed by atoms with van der Waals surface area (Å²) in [6, 6.07) is 18.9. The quantitative estimate of drug-likeness (QED) is 0.373. The summed E-state index contributed by atoms with van der Waals surface area (Å²) in [6.45, 7) is 2.04. The monoisotopic (exact) mass is 474 g/mol. The number of ether oxygens (including phenoxy) is 1. The van der Waals surface area contributed by atoms with Crippen LogP contribution >= 0.6 is 11.8 Å². The van der Waals surface area contributed by atoms with Crippen molar-refractivity contribution in [1.82, 2.24) is 25.2 Å². The summed E-state index contributed by atoms with van der Waals surface area (Å²) < 4.78 is 12.4. The van der Waals surface area contributed by atoms with E-state index in [1.165, 1.54) is 22.3 Å². The Bertz CT molecular complexity index is 1300. The summed E-state index contributed by atoms with van der Waals surface area (Å²) in [4.78, 5) is 13.3. The third kappa shape index (κ3) is 4.44. The first-order valence-corrected chi connectivity index (χ1v) is 11.7. The smallest absolute Gasteiger partial charge is 0.253 e. The van der Waals surface area contributed by atoms with Gasteiger partial charge in [0.05, 0.1) is 30.5 Å². The number of furan rings is 1. The minimum Gasteiger partial charge on any atom is -0.497 e. The Morgan fingerprint density at radius 3 is 2.65 bits per heavy atom. The molecule has 0 saturated heterocycles. The molecule has 2 aromatic heterocycles. The lowest BCUT2D eigenvalue weighted by Crippen LogP contribution is -2.28. The number of nitrogens with zero attached hydrogens (tertiary/aromatic N) is 6. The summed E-state index contributed by atoms with van der Waals surface area (Å²) in [7, 11) is 1.61. The first kappa shape index (κ1) is 21.9. The molecule has 3 heterocycles. The van der Waals surface area contributed by atoms with Crippen molar-refractivity contribution in [2.24, 2.45) is 5.10 Å². The number of hydrogen-bond acceptors (Lipinski definition) is 8. The van der Waals surface area contributed by atoms with E-state index >= 15 is 0 Å². The van der Waals surface area contributed by atoms with Gasteiger partial charge in [0.25, 0.3) is 5.91 Å². The second-order valence-corrected chi connectivity index (χ2v) is 8.69. The molecule has 1 atom stereocenters. The van der Waals surface area contributed by atoms with Crippen LogP contribution in [0.3, 0.4) is 0 Å². The lowest BCUT2D eigenvalue weighted by Gasteiger charge is -2.19. The average Bonchev–Trinajstić information content (AvgIpc) is 3.63. The number of tetrazole rings is 1. The Morgan fingerprint density at radius 2 is 1.94 bits per heavy atom. The summed E-state index contributed by atoms with van der Waals surface area (Å²) in [6.07, 6.45) is 2.19. The number of carbonyl (C=O) groups excluding carboxylic acids is 1. The predicted molar refractivity (Wildman–Crippen MR) is 127 cm³/mol. The average molecular weight is 475 g/mol. The van der Waals surface area contributed by atoms with Gasteiger partial charge < -0.3 is 9.15 Å². The van der Waals surface area contributed by atoms with E-state index in [1.54, 1.807) is 18.1 Å². The van der Waals surface area contributed by atoms with Gasteiger partial charge in [-0.15, -0.1) is 5.10 Å². The maximum atomic E-state index is 13.3. The number of aryl methyl sites for hydroxylation is 1. The molecule has 1 amide bonds. The summed E-state index contributed by atoms with van der Waals surface area (Å²) >= 11 is 1.26. The van der Waals surface area contributed by atoms with Crippen LogP contribution in [0.25, 0.3) is 5.69 Å². The molecular weight excluding hydrogens is 452 g/mol. The van der Waals surface area contributed by atoms with Crippen molar-refractivity contribution in [3.63, 3.8) is 0 Å². The normalized spacial score (nSPS) is 15.4. The highest BCUT2D eigenvalue weighted by Gasteiger charge is 2.35. The molecule has 2 aromatic carbocycles.